The molecule has 1 N–H and O–H groups in total. The number of carbonyl (C=O) groups is 2. The van der Waals surface area contributed by atoms with Crippen LogP contribution in [0, 0.1) is 5.41 Å². The van der Waals surface area contributed by atoms with Crippen LogP contribution in [0.15, 0.2) is 58.7 Å². The molecule has 2 aliphatic heterocycles. The summed E-state index contributed by atoms with van der Waals surface area (Å²) in [6.45, 7) is 7.56. The summed E-state index contributed by atoms with van der Waals surface area (Å²) >= 11 is 1.42. The molecule has 2 saturated heterocycles. The molecule has 3 aromatic rings. The molecule has 3 aliphatic rings. The number of urea groups is 1. The number of fused-ring (bicyclic) bond motifs is 1. The molecular formula is C34H44N6O5S. The average molecular weight is 649 g/mol. The van der Waals surface area contributed by atoms with E-state index in [1.807, 2.05) is 73.2 Å². The van der Waals surface area contributed by atoms with Crippen molar-refractivity contribution in [3.05, 3.63) is 64.7 Å². The fourth-order valence-electron chi connectivity index (χ4n) is 7.47. The second-order valence-corrected chi connectivity index (χ2v) is 14.7. The number of thioether (sulfide) groups is 1. The first-order valence-electron chi connectivity index (χ1n) is 16.1. The first-order valence-corrected chi connectivity index (χ1v) is 17.4. The second-order valence-electron chi connectivity index (χ2n) is 13.9. The third kappa shape index (κ3) is 6.21. The Morgan fingerprint density at radius 2 is 1.78 bits per heavy atom. The van der Waals surface area contributed by atoms with Gasteiger partial charge in [-0.15, -0.1) is 0 Å². The van der Waals surface area contributed by atoms with Gasteiger partial charge in [-0.2, -0.15) is 0 Å². The van der Waals surface area contributed by atoms with Crippen molar-refractivity contribution in [1.29, 1.82) is 0 Å². The lowest BCUT2D eigenvalue weighted by atomic mass is 9.66. The lowest BCUT2D eigenvalue weighted by molar-refractivity contribution is -0.137. The summed E-state index contributed by atoms with van der Waals surface area (Å²) in [7, 11) is 0. The van der Waals surface area contributed by atoms with Crippen molar-refractivity contribution >= 4 is 34.8 Å². The van der Waals surface area contributed by atoms with Gasteiger partial charge in [-0.1, -0.05) is 54.9 Å². The van der Waals surface area contributed by atoms with Gasteiger partial charge in [0, 0.05) is 50.5 Å². The maximum Gasteiger partial charge on any atom is 0.410 e. The molecule has 3 amide bonds. The van der Waals surface area contributed by atoms with E-state index in [1.54, 1.807) is 21.9 Å². The summed E-state index contributed by atoms with van der Waals surface area (Å²) in [4.78, 5) is 55.1. The van der Waals surface area contributed by atoms with E-state index in [1.165, 1.54) is 11.8 Å². The minimum atomic E-state index is -1.16. The van der Waals surface area contributed by atoms with Gasteiger partial charge in [-0.25, -0.2) is 19.6 Å². The Hall–Kier alpha value is -3.64. The lowest BCUT2D eigenvalue weighted by Gasteiger charge is -2.53. The van der Waals surface area contributed by atoms with Gasteiger partial charge in [0.2, 0.25) is 0 Å². The minimum Gasteiger partial charge on any atom is -0.444 e. The molecule has 1 spiro atoms. The Labute approximate surface area is 273 Å². The molecule has 11 nitrogen and oxygen atoms in total. The number of hydrogen-bond donors (Lipinski definition) is 1. The number of piperazine rings is 1. The Balaban J connectivity index is 1.24. The number of rotatable bonds is 4. The molecule has 1 saturated carbocycles. The second kappa shape index (κ2) is 12.5. The van der Waals surface area contributed by atoms with Crippen molar-refractivity contribution in [3.8, 4) is 0 Å². The highest BCUT2D eigenvalue weighted by atomic mass is 32.2. The number of hydrogen-bond acceptors (Lipinski definition) is 8. The van der Waals surface area contributed by atoms with Crippen LogP contribution in [0.4, 0.5) is 9.59 Å². The fourth-order valence-corrected chi connectivity index (χ4v) is 7.81. The van der Waals surface area contributed by atoms with Crippen LogP contribution in [0.1, 0.15) is 64.5 Å². The van der Waals surface area contributed by atoms with Gasteiger partial charge in [0.25, 0.3) is 5.56 Å². The zero-order valence-electron chi connectivity index (χ0n) is 27.1. The van der Waals surface area contributed by atoms with Crippen LogP contribution >= 0.6 is 11.8 Å². The van der Waals surface area contributed by atoms with Gasteiger partial charge in [0.1, 0.15) is 5.60 Å². The van der Waals surface area contributed by atoms with Crippen LogP contribution in [-0.2, 0) is 11.3 Å². The molecular weight excluding hydrogens is 604 g/mol. The Bertz CT molecular complexity index is 1650. The van der Waals surface area contributed by atoms with Crippen LogP contribution in [0.25, 0.3) is 10.9 Å². The maximum absolute atomic E-state index is 14.4. The zero-order chi connectivity index (χ0) is 32.7. The molecule has 3 fully saturated rings. The summed E-state index contributed by atoms with van der Waals surface area (Å²) in [5, 5.41) is 13.4. The lowest BCUT2D eigenvalue weighted by Crippen LogP contribution is -2.64. The van der Waals surface area contributed by atoms with Gasteiger partial charge in [0.05, 0.1) is 29.1 Å². The number of pyridine rings is 1. The molecule has 46 heavy (non-hydrogen) atoms. The molecule has 12 heteroatoms. The highest BCUT2D eigenvalue weighted by molar-refractivity contribution is 7.98. The monoisotopic (exact) mass is 648 g/mol. The summed E-state index contributed by atoms with van der Waals surface area (Å²) in [5.41, 5.74) is -0.989. The summed E-state index contributed by atoms with van der Waals surface area (Å²) < 4.78 is 7.25. The summed E-state index contributed by atoms with van der Waals surface area (Å²) in [5.74, 6) is 0. The van der Waals surface area contributed by atoms with E-state index in [0.717, 1.165) is 31.2 Å². The summed E-state index contributed by atoms with van der Waals surface area (Å²) in [6.07, 6.45) is 8.64. The molecule has 2 atom stereocenters. The highest BCUT2D eigenvalue weighted by Crippen LogP contribution is 2.52. The van der Waals surface area contributed by atoms with E-state index in [0.29, 0.717) is 55.2 Å². The molecule has 4 heterocycles. The Morgan fingerprint density at radius 1 is 1.04 bits per heavy atom. The number of amides is 3. The van der Waals surface area contributed by atoms with Crippen molar-refractivity contribution in [1.82, 2.24) is 29.2 Å². The number of aliphatic hydroxyl groups is 1. The third-order valence-corrected chi connectivity index (χ3v) is 10.4. The quantitative estimate of drug-likeness (QED) is 0.313. The van der Waals surface area contributed by atoms with Gasteiger partial charge in [-0.05, 0) is 57.9 Å². The predicted octanol–water partition coefficient (Wildman–Crippen LogP) is 4.92. The van der Waals surface area contributed by atoms with E-state index in [4.69, 9.17) is 4.74 Å². The van der Waals surface area contributed by atoms with E-state index in [2.05, 4.69) is 9.97 Å². The molecule has 0 bridgehead atoms. The standard InChI is InChI=1S/C34H44N6O5S/c1-32(2,3)45-31(43)37-18-19-40(27(21-37)24-10-6-5-7-11-24)30(42)39-17-15-34(44,33(22-39)13-8-9-14-33)23-38-16-12-26-25(28(38)41)20-35-29(36-26)46-4/h5-7,10-12,16,20,27,44H,8-9,13-15,17-19,21-23H2,1-4H3/t27-,34+/m0/s1. The summed E-state index contributed by atoms with van der Waals surface area (Å²) in [6, 6.07) is 11.2. The number of nitrogens with zero attached hydrogens (tertiary/aromatic N) is 6. The van der Waals surface area contributed by atoms with E-state index < -0.39 is 16.6 Å². The predicted molar refractivity (Wildman–Crippen MR) is 177 cm³/mol. The van der Waals surface area contributed by atoms with E-state index in [-0.39, 0.29) is 30.3 Å². The first kappa shape index (κ1) is 32.3. The number of ether oxygens (including phenoxy) is 1. The fraction of sp³-hybridized carbons (Fsp3) is 0.559. The number of carbonyl (C=O) groups excluding carboxylic acids is 2. The Kier molecular flexibility index (Phi) is 8.79. The minimum absolute atomic E-state index is 0.0874. The van der Waals surface area contributed by atoms with Crippen LogP contribution < -0.4 is 5.56 Å². The molecule has 1 aromatic carbocycles. The van der Waals surface area contributed by atoms with Crippen molar-refractivity contribution in [2.75, 3.05) is 39.0 Å². The topological polar surface area (TPSA) is 121 Å². The average Bonchev–Trinajstić information content (AvgIpc) is 3.52. The molecule has 1 aliphatic carbocycles. The number of piperidine rings is 1. The smallest absolute Gasteiger partial charge is 0.410 e. The van der Waals surface area contributed by atoms with Gasteiger partial charge >= 0.3 is 12.1 Å². The van der Waals surface area contributed by atoms with E-state index >= 15 is 0 Å². The van der Waals surface area contributed by atoms with Crippen molar-refractivity contribution in [2.24, 2.45) is 5.41 Å². The largest absolute Gasteiger partial charge is 0.444 e. The number of likely N-dealkylation sites (tertiary alicyclic amines) is 1. The van der Waals surface area contributed by atoms with Crippen LogP contribution in [0.5, 0.6) is 0 Å². The zero-order valence-corrected chi connectivity index (χ0v) is 28.0. The van der Waals surface area contributed by atoms with Gasteiger partial charge in [-0.3, -0.25) is 4.79 Å². The molecule has 0 radical (unpaired) electrons. The van der Waals surface area contributed by atoms with Crippen molar-refractivity contribution < 1.29 is 19.4 Å². The van der Waals surface area contributed by atoms with Crippen LogP contribution in [0.3, 0.4) is 0 Å². The van der Waals surface area contributed by atoms with E-state index in [9.17, 15) is 19.5 Å². The highest BCUT2D eigenvalue weighted by Gasteiger charge is 2.56. The van der Waals surface area contributed by atoms with Gasteiger partial charge < -0.3 is 29.1 Å². The van der Waals surface area contributed by atoms with Crippen LogP contribution in [0.2, 0.25) is 0 Å². The molecule has 6 rings (SSSR count). The van der Waals surface area contributed by atoms with Crippen molar-refractivity contribution in [3.63, 3.8) is 0 Å². The maximum atomic E-state index is 14.4. The first-order chi connectivity index (χ1) is 21.9. The Morgan fingerprint density at radius 3 is 2.48 bits per heavy atom. The van der Waals surface area contributed by atoms with Gasteiger partial charge in [0.15, 0.2) is 5.16 Å². The third-order valence-electron chi connectivity index (χ3n) is 9.88. The molecule has 0 unspecified atom stereocenters. The molecule has 2 aromatic heterocycles. The van der Waals surface area contributed by atoms with Crippen molar-refractivity contribution in [2.45, 2.75) is 81.8 Å². The number of benzene rings is 1. The molecule has 246 valence electrons. The SMILES string of the molecule is CSc1ncc2c(=O)n(C[C@]3(O)CCN(C(=O)N4CCN(C(=O)OC(C)(C)C)C[C@H]4c4ccccc4)CC34CCCC4)ccc2n1. The normalized spacial score (nSPS) is 23.2. The van der Waals surface area contributed by atoms with Crippen LogP contribution in [-0.4, -0.2) is 96.6 Å². The number of aromatic nitrogens is 3.